The molecule has 0 radical (unpaired) electrons. The Balaban J connectivity index is 2.01. The molecule has 0 bridgehead atoms. The lowest BCUT2D eigenvalue weighted by Gasteiger charge is -2.09. The van der Waals surface area contributed by atoms with Crippen LogP contribution in [0.3, 0.4) is 0 Å². The number of carbonyl (C=O) groups excluding carboxylic acids is 1. The first-order valence-corrected chi connectivity index (χ1v) is 6.07. The summed E-state index contributed by atoms with van der Waals surface area (Å²) in [6.07, 6.45) is 1.47. The number of amides is 1. The van der Waals surface area contributed by atoms with E-state index in [0.717, 1.165) is 11.3 Å². The summed E-state index contributed by atoms with van der Waals surface area (Å²) >= 11 is 0. The van der Waals surface area contributed by atoms with Crippen LogP contribution in [0.1, 0.15) is 15.9 Å². The minimum absolute atomic E-state index is 0.202. The number of nitrogen functional groups attached to an aromatic ring is 1. The lowest BCUT2D eigenvalue weighted by molar-refractivity contribution is 0.0950. The molecule has 1 aromatic heterocycles. The Bertz CT molecular complexity index is 584. The van der Waals surface area contributed by atoms with E-state index in [9.17, 15) is 4.79 Å². The van der Waals surface area contributed by atoms with Gasteiger partial charge in [0.25, 0.3) is 5.91 Å². The Morgan fingerprint density at radius 2 is 2.10 bits per heavy atom. The summed E-state index contributed by atoms with van der Waals surface area (Å²) in [5.41, 5.74) is 3.79. The number of nitrogens with one attached hydrogen (secondary N) is 2. The molecule has 0 fully saturated rings. The van der Waals surface area contributed by atoms with Crippen LogP contribution in [0.15, 0.2) is 42.6 Å². The zero-order chi connectivity index (χ0) is 14.4. The molecule has 0 aliphatic carbocycles. The Kier molecular flexibility index (Phi) is 4.52. The van der Waals surface area contributed by atoms with Crippen LogP contribution in [0.25, 0.3) is 0 Å². The predicted molar refractivity (Wildman–Crippen MR) is 76.2 cm³/mol. The standard InChI is InChI=1S/C14H16N4O2/c1-20-12-5-3-2-4-10(12)8-17-14(19)11-6-7-13(18-15)16-9-11/h2-7,9H,8,15H2,1H3,(H,16,18)(H,17,19). The number of pyridine rings is 1. The minimum Gasteiger partial charge on any atom is -0.496 e. The number of nitrogens with two attached hydrogens (primary N) is 1. The van der Waals surface area contributed by atoms with E-state index >= 15 is 0 Å². The number of para-hydroxylation sites is 1. The van der Waals surface area contributed by atoms with Gasteiger partial charge in [-0.15, -0.1) is 0 Å². The first-order valence-electron chi connectivity index (χ1n) is 6.07. The molecule has 4 N–H and O–H groups in total. The first kappa shape index (κ1) is 13.8. The quantitative estimate of drug-likeness (QED) is 0.564. The van der Waals surface area contributed by atoms with E-state index in [4.69, 9.17) is 10.6 Å². The van der Waals surface area contributed by atoms with Crippen LogP contribution < -0.4 is 21.3 Å². The summed E-state index contributed by atoms with van der Waals surface area (Å²) in [7, 11) is 1.60. The molecule has 0 saturated heterocycles. The van der Waals surface area contributed by atoms with Crippen LogP contribution in [0.4, 0.5) is 5.82 Å². The molecule has 0 spiro atoms. The summed E-state index contributed by atoms with van der Waals surface area (Å²) in [4.78, 5) is 16.0. The van der Waals surface area contributed by atoms with Gasteiger partial charge in [0.05, 0.1) is 12.7 Å². The second-order valence-electron chi connectivity index (χ2n) is 4.07. The largest absolute Gasteiger partial charge is 0.496 e. The Morgan fingerprint density at radius 1 is 1.30 bits per heavy atom. The number of hydrazine groups is 1. The van der Waals surface area contributed by atoms with Gasteiger partial charge in [0.2, 0.25) is 0 Å². The number of hydrogen-bond acceptors (Lipinski definition) is 5. The third-order valence-electron chi connectivity index (χ3n) is 2.81. The number of anilines is 1. The Labute approximate surface area is 116 Å². The van der Waals surface area contributed by atoms with E-state index in [2.05, 4.69) is 15.7 Å². The van der Waals surface area contributed by atoms with Crippen molar-refractivity contribution in [3.8, 4) is 5.75 Å². The number of hydrogen-bond donors (Lipinski definition) is 3. The zero-order valence-corrected chi connectivity index (χ0v) is 11.1. The first-order chi connectivity index (χ1) is 9.74. The SMILES string of the molecule is COc1ccccc1CNC(=O)c1ccc(NN)nc1. The van der Waals surface area contributed by atoms with E-state index in [1.165, 1.54) is 6.20 Å². The van der Waals surface area contributed by atoms with E-state index in [-0.39, 0.29) is 5.91 Å². The molecule has 2 rings (SSSR count). The molecule has 0 atom stereocenters. The molecular formula is C14H16N4O2. The van der Waals surface area contributed by atoms with Crippen molar-refractivity contribution in [2.75, 3.05) is 12.5 Å². The topological polar surface area (TPSA) is 89.3 Å². The molecular weight excluding hydrogens is 256 g/mol. The molecule has 2 aromatic rings. The maximum Gasteiger partial charge on any atom is 0.253 e. The highest BCUT2D eigenvalue weighted by Gasteiger charge is 2.07. The van der Waals surface area contributed by atoms with Gasteiger partial charge in [-0.25, -0.2) is 10.8 Å². The Morgan fingerprint density at radius 3 is 2.75 bits per heavy atom. The van der Waals surface area contributed by atoms with Gasteiger partial charge in [-0.05, 0) is 18.2 Å². The van der Waals surface area contributed by atoms with E-state index in [0.29, 0.717) is 17.9 Å². The molecule has 0 aliphatic heterocycles. The minimum atomic E-state index is -0.202. The summed E-state index contributed by atoms with van der Waals surface area (Å²) in [6.45, 7) is 0.389. The molecule has 0 saturated carbocycles. The Hall–Kier alpha value is -2.60. The van der Waals surface area contributed by atoms with Crippen molar-refractivity contribution in [2.45, 2.75) is 6.54 Å². The molecule has 0 unspecified atom stereocenters. The van der Waals surface area contributed by atoms with E-state index in [1.54, 1.807) is 19.2 Å². The van der Waals surface area contributed by atoms with Gasteiger partial charge in [0.15, 0.2) is 0 Å². The van der Waals surface area contributed by atoms with Gasteiger partial charge < -0.3 is 15.5 Å². The van der Waals surface area contributed by atoms with Crippen LogP contribution in [-0.2, 0) is 6.54 Å². The smallest absolute Gasteiger partial charge is 0.253 e. The fourth-order valence-electron chi connectivity index (χ4n) is 1.74. The van der Waals surface area contributed by atoms with Crippen LogP contribution in [0.2, 0.25) is 0 Å². The lowest BCUT2D eigenvalue weighted by atomic mass is 10.2. The summed E-state index contributed by atoms with van der Waals surface area (Å²) in [5, 5.41) is 2.82. The van der Waals surface area contributed by atoms with Crippen molar-refractivity contribution in [2.24, 2.45) is 5.84 Å². The van der Waals surface area contributed by atoms with Crippen molar-refractivity contribution in [1.29, 1.82) is 0 Å². The number of ether oxygens (including phenoxy) is 1. The average molecular weight is 272 g/mol. The van der Waals surface area contributed by atoms with Crippen LogP contribution in [0, 0.1) is 0 Å². The van der Waals surface area contributed by atoms with E-state index in [1.807, 2.05) is 24.3 Å². The molecule has 1 amide bonds. The normalized spacial score (nSPS) is 9.90. The third-order valence-corrected chi connectivity index (χ3v) is 2.81. The summed E-state index contributed by atoms with van der Waals surface area (Å²) in [5.74, 6) is 6.26. The van der Waals surface area contributed by atoms with Crippen LogP contribution in [-0.4, -0.2) is 18.0 Å². The van der Waals surface area contributed by atoms with Crippen molar-refractivity contribution in [1.82, 2.24) is 10.3 Å². The van der Waals surface area contributed by atoms with Gasteiger partial charge in [-0.1, -0.05) is 18.2 Å². The van der Waals surface area contributed by atoms with Crippen molar-refractivity contribution < 1.29 is 9.53 Å². The number of benzene rings is 1. The maximum absolute atomic E-state index is 12.0. The van der Waals surface area contributed by atoms with Crippen molar-refractivity contribution in [3.05, 3.63) is 53.7 Å². The van der Waals surface area contributed by atoms with Gasteiger partial charge in [0, 0.05) is 18.3 Å². The molecule has 104 valence electrons. The lowest BCUT2D eigenvalue weighted by Crippen LogP contribution is -2.23. The fourth-order valence-corrected chi connectivity index (χ4v) is 1.74. The van der Waals surface area contributed by atoms with Gasteiger partial charge >= 0.3 is 0 Å². The summed E-state index contributed by atoms with van der Waals surface area (Å²) in [6, 6.07) is 10.8. The average Bonchev–Trinajstić information content (AvgIpc) is 2.53. The molecule has 1 aromatic carbocycles. The number of nitrogens with zero attached hydrogens (tertiary/aromatic N) is 1. The van der Waals surface area contributed by atoms with Gasteiger partial charge in [-0.3, -0.25) is 4.79 Å². The molecule has 1 heterocycles. The molecule has 0 aliphatic rings. The van der Waals surface area contributed by atoms with Crippen molar-refractivity contribution in [3.63, 3.8) is 0 Å². The number of carbonyl (C=O) groups is 1. The van der Waals surface area contributed by atoms with Crippen LogP contribution in [0.5, 0.6) is 5.75 Å². The zero-order valence-electron chi connectivity index (χ0n) is 11.1. The van der Waals surface area contributed by atoms with Crippen LogP contribution >= 0.6 is 0 Å². The highest BCUT2D eigenvalue weighted by atomic mass is 16.5. The van der Waals surface area contributed by atoms with Gasteiger partial charge in [-0.2, -0.15) is 0 Å². The number of aromatic nitrogens is 1. The molecule has 20 heavy (non-hydrogen) atoms. The molecule has 6 heteroatoms. The van der Waals surface area contributed by atoms with Gasteiger partial charge in [0.1, 0.15) is 11.6 Å². The summed E-state index contributed by atoms with van der Waals surface area (Å²) < 4.78 is 5.23. The highest BCUT2D eigenvalue weighted by Crippen LogP contribution is 2.16. The number of rotatable bonds is 5. The highest BCUT2D eigenvalue weighted by molar-refractivity contribution is 5.94. The van der Waals surface area contributed by atoms with E-state index < -0.39 is 0 Å². The third kappa shape index (κ3) is 3.24. The predicted octanol–water partition coefficient (Wildman–Crippen LogP) is 1.31. The fraction of sp³-hybridized carbons (Fsp3) is 0.143. The second kappa shape index (κ2) is 6.53. The maximum atomic E-state index is 12.0. The van der Waals surface area contributed by atoms with Crippen molar-refractivity contribution >= 4 is 11.7 Å². The number of methoxy groups -OCH3 is 1. The molecule has 6 nitrogen and oxygen atoms in total. The monoisotopic (exact) mass is 272 g/mol. The second-order valence-corrected chi connectivity index (χ2v) is 4.07.